The summed E-state index contributed by atoms with van der Waals surface area (Å²) < 4.78 is 67.9. The fraction of sp³-hybridized carbons (Fsp3) is 0.304. The fourth-order valence-corrected chi connectivity index (χ4v) is 4.63. The predicted molar refractivity (Wildman–Crippen MR) is 124 cm³/mol. The van der Waals surface area contributed by atoms with Crippen molar-refractivity contribution in [2.45, 2.75) is 38.4 Å². The molecule has 0 fully saturated rings. The molecule has 12 heteroatoms. The zero-order chi connectivity index (χ0) is 25.5. The number of benzene rings is 1. The van der Waals surface area contributed by atoms with E-state index in [-0.39, 0.29) is 27.2 Å². The molecule has 184 valence electrons. The zero-order valence-corrected chi connectivity index (χ0v) is 19.9. The van der Waals surface area contributed by atoms with E-state index in [1.165, 1.54) is 25.4 Å². The van der Waals surface area contributed by atoms with Gasteiger partial charge in [0.1, 0.15) is 4.90 Å². The maximum absolute atomic E-state index is 13.2. The molecule has 0 aliphatic carbocycles. The molecule has 0 saturated heterocycles. The lowest BCUT2D eigenvalue weighted by molar-refractivity contribution is -0.137. The minimum Gasteiger partial charge on any atom is -0.272 e. The van der Waals surface area contributed by atoms with E-state index in [1.54, 1.807) is 17.1 Å². The smallest absolute Gasteiger partial charge is 0.272 e. The Bertz CT molecular complexity index is 1570. The molecule has 0 amide bonds. The third-order valence-electron chi connectivity index (χ3n) is 5.38. The Labute approximate surface area is 199 Å². The van der Waals surface area contributed by atoms with Crippen molar-refractivity contribution in [3.8, 4) is 16.9 Å². The van der Waals surface area contributed by atoms with Crippen LogP contribution in [0.2, 0.25) is 0 Å². The van der Waals surface area contributed by atoms with Gasteiger partial charge in [0, 0.05) is 35.5 Å². The lowest BCUT2D eigenvalue weighted by Gasteiger charge is -2.13. The number of hydrogen-bond donors (Lipinski definition) is 0. The van der Waals surface area contributed by atoms with Crippen molar-refractivity contribution in [2.75, 3.05) is 5.75 Å². The average Bonchev–Trinajstić information content (AvgIpc) is 3.26. The topological polar surface area (TPSA) is 99.7 Å². The maximum Gasteiger partial charge on any atom is 0.416 e. The number of alkyl halides is 3. The molecular formula is C23H22F3N5O3S. The Morgan fingerprint density at radius 2 is 1.77 bits per heavy atom. The Balaban J connectivity index is 1.90. The number of rotatable bonds is 6. The van der Waals surface area contributed by atoms with Crippen LogP contribution in [-0.4, -0.2) is 38.7 Å². The summed E-state index contributed by atoms with van der Waals surface area (Å²) in [7, 11) is -3.89. The fourth-order valence-electron chi connectivity index (χ4n) is 3.59. The van der Waals surface area contributed by atoms with E-state index in [9.17, 15) is 26.4 Å². The molecule has 0 radical (unpaired) electrons. The standard InChI is InChI=1S/C23H22F3N5O3S/c1-4-35(33,34)20-7-16(17-11-28-30(13-17)12-14(2)3)9-27-21(20)31-22(32)19-8-18(23(24,25)26)6-5-15(19)10-29-31/h5-11,13-14H,4,12H2,1-3H3. The first-order valence-electron chi connectivity index (χ1n) is 10.8. The molecule has 0 spiro atoms. The average molecular weight is 506 g/mol. The molecule has 0 N–H and O–H groups in total. The van der Waals surface area contributed by atoms with Gasteiger partial charge in [-0.15, -0.1) is 0 Å². The van der Waals surface area contributed by atoms with Gasteiger partial charge in [0.05, 0.1) is 29.1 Å². The van der Waals surface area contributed by atoms with Gasteiger partial charge in [-0.2, -0.15) is 28.1 Å². The van der Waals surface area contributed by atoms with Crippen LogP contribution in [0, 0.1) is 5.92 Å². The molecule has 1 aromatic carbocycles. The van der Waals surface area contributed by atoms with Crippen molar-refractivity contribution < 1.29 is 21.6 Å². The quantitative estimate of drug-likeness (QED) is 0.391. The van der Waals surface area contributed by atoms with Crippen LogP contribution in [0.4, 0.5) is 13.2 Å². The van der Waals surface area contributed by atoms with Gasteiger partial charge in [0.25, 0.3) is 5.56 Å². The maximum atomic E-state index is 13.2. The van der Waals surface area contributed by atoms with Gasteiger partial charge in [0.15, 0.2) is 15.7 Å². The number of aromatic nitrogens is 5. The Hall–Kier alpha value is -3.54. The van der Waals surface area contributed by atoms with E-state index in [0.717, 1.165) is 22.9 Å². The predicted octanol–water partition coefficient (Wildman–Crippen LogP) is 4.11. The molecule has 0 aliphatic heterocycles. The molecule has 0 aliphatic rings. The number of halogens is 3. The van der Waals surface area contributed by atoms with Crippen molar-refractivity contribution in [1.29, 1.82) is 0 Å². The number of nitrogens with zero attached hydrogens (tertiary/aromatic N) is 5. The molecule has 3 heterocycles. The largest absolute Gasteiger partial charge is 0.416 e. The Morgan fingerprint density at radius 3 is 2.43 bits per heavy atom. The third kappa shape index (κ3) is 4.83. The number of fused-ring (bicyclic) bond motifs is 1. The summed E-state index contributed by atoms with van der Waals surface area (Å²) in [4.78, 5) is 17.1. The van der Waals surface area contributed by atoms with E-state index in [1.807, 2.05) is 13.8 Å². The summed E-state index contributed by atoms with van der Waals surface area (Å²) in [6.07, 6.45) is 1.28. The molecule has 8 nitrogen and oxygen atoms in total. The highest BCUT2D eigenvalue weighted by molar-refractivity contribution is 7.91. The first kappa shape index (κ1) is 24.6. The summed E-state index contributed by atoms with van der Waals surface area (Å²) >= 11 is 0. The minimum atomic E-state index is -4.65. The minimum absolute atomic E-state index is 0.188. The van der Waals surface area contributed by atoms with Gasteiger partial charge in [-0.05, 0) is 24.1 Å². The van der Waals surface area contributed by atoms with Gasteiger partial charge < -0.3 is 0 Å². The molecule has 35 heavy (non-hydrogen) atoms. The Morgan fingerprint density at radius 1 is 1.03 bits per heavy atom. The second kappa shape index (κ2) is 8.91. The summed E-state index contributed by atoms with van der Waals surface area (Å²) in [5, 5.41) is 8.21. The van der Waals surface area contributed by atoms with E-state index in [4.69, 9.17) is 0 Å². The van der Waals surface area contributed by atoms with Crippen molar-refractivity contribution in [2.24, 2.45) is 5.92 Å². The van der Waals surface area contributed by atoms with Gasteiger partial charge in [-0.3, -0.25) is 9.48 Å². The molecule has 4 aromatic rings. The van der Waals surface area contributed by atoms with Crippen LogP contribution >= 0.6 is 0 Å². The van der Waals surface area contributed by atoms with Crippen LogP contribution < -0.4 is 5.56 Å². The summed E-state index contributed by atoms with van der Waals surface area (Å²) in [5.41, 5.74) is -0.816. The van der Waals surface area contributed by atoms with Gasteiger partial charge in [0.2, 0.25) is 0 Å². The highest BCUT2D eigenvalue weighted by Crippen LogP contribution is 2.31. The van der Waals surface area contributed by atoms with E-state index < -0.39 is 27.1 Å². The van der Waals surface area contributed by atoms with Gasteiger partial charge in [-0.1, -0.05) is 26.8 Å². The zero-order valence-electron chi connectivity index (χ0n) is 19.1. The van der Waals surface area contributed by atoms with Crippen LogP contribution in [0.15, 0.2) is 58.7 Å². The lowest BCUT2D eigenvalue weighted by atomic mass is 10.1. The van der Waals surface area contributed by atoms with E-state index >= 15 is 0 Å². The van der Waals surface area contributed by atoms with Gasteiger partial charge >= 0.3 is 6.18 Å². The molecule has 4 rings (SSSR count). The van der Waals surface area contributed by atoms with Crippen molar-refractivity contribution in [3.05, 3.63) is 65.0 Å². The SMILES string of the molecule is CCS(=O)(=O)c1cc(-c2cnn(CC(C)C)c2)cnc1-n1ncc2ccc(C(F)(F)F)cc2c1=O. The lowest BCUT2D eigenvalue weighted by Crippen LogP contribution is -2.25. The first-order valence-corrected chi connectivity index (χ1v) is 12.4. The molecule has 0 atom stereocenters. The monoisotopic (exact) mass is 505 g/mol. The number of pyridine rings is 1. The summed E-state index contributed by atoms with van der Waals surface area (Å²) in [6.45, 7) is 6.19. The third-order valence-corrected chi connectivity index (χ3v) is 7.11. The number of sulfone groups is 1. The second-order valence-electron chi connectivity index (χ2n) is 8.46. The van der Waals surface area contributed by atoms with Crippen LogP contribution in [0.5, 0.6) is 0 Å². The molecule has 0 saturated carbocycles. The van der Waals surface area contributed by atoms with Crippen LogP contribution in [0.1, 0.15) is 26.3 Å². The molecule has 0 bridgehead atoms. The van der Waals surface area contributed by atoms with Crippen LogP contribution in [-0.2, 0) is 22.6 Å². The van der Waals surface area contributed by atoms with Crippen LogP contribution in [0.3, 0.4) is 0 Å². The molecule has 3 aromatic heterocycles. The van der Waals surface area contributed by atoms with E-state index in [2.05, 4.69) is 15.2 Å². The Kier molecular flexibility index (Phi) is 6.26. The highest BCUT2D eigenvalue weighted by atomic mass is 32.2. The molecule has 0 unspecified atom stereocenters. The van der Waals surface area contributed by atoms with Crippen molar-refractivity contribution >= 4 is 20.6 Å². The summed E-state index contributed by atoms with van der Waals surface area (Å²) in [6, 6.07) is 4.10. The second-order valence-corrected chi connectivity index (χ2v) is 10.7. The summed E-state index contributed by atoms with van der Waals surface area (Å²) in [5.74, 6) is -0.212. The van der Waals surface area contributed by atoms with Crippen LogP contribution in [0.25, 0.3) is 27.7 Å². The number of hydrogen-bond acceptors (Lipinski definition) is 6. The van der Waals surface area contributed by atoms with Crippen molar-refractivity contribution in [1.82, 2.24) is 24.5 Å². The normalized spacial score (nSPS) is 12.5. The molecular weight excluding hydrogens is 483 g/mol. The van der Waals surface area contributed by atoms with Gasteiger partial charge in [-0.25, -0.2) is 13.4 Å². The highest BCUT2D eigenvalue weighted by Gasteiger charge is 2.31. The van der Waals surface area contributed by atoms with Crippen molar-refractivity contribution in [3.63, 3.8) is 0 Å². The van der Waals surface area contributed by atoms with E-state index in [0.29, 0.717) is 23.6 Å². The first-order chi connectivity index (χ1) is 16.4.